The molecule has 510 valence electrons. The fraction of sp³-hybridized carbons (Fsp3) is 0.526. The molecule has 0 bridgehead atoms. The van der Waals surface area contributed by atoms with Gasteiger partial charge in [-0.1, -0.05) is 12.1 Å². The number of nitrogens with one attached hydrogen (secondary N) is 15. The molecular formula is C57H86N20O14S2. The number of H-pyrrole nitrogens is 2. The number of hydrogen-bond donors (Lipinski definition) is 19. The number of phenolic OH excluding ortho intramolecular Hbond substituents is 1. The Balaban J connectivity index is 1.65. The van der Waals surface area contributed by atoms with Crippen LogP contribution in [0.15, 0.2) is 54.4 Å². The molecule has 0 radical (unpaired) electrons. The van der Waals surface area contributed by atoms with Gasteiger partial charge in [0.25, 0.3) is 5.91 Å². The van der Waals surface area contributed by atoms with Crippen LogP contribution in [0.5, 0.6) is 5.75 Å². The molecule has 0 aliphatic rings. The van der Waals surface area contributed by atoms with Crippen molar-refractivity contribution in [1.29, 1.82) is 0 Å². The zero-order valence-corrected chi connectivity index (χ0v) is 53.4. The van der Waals surface area contributed by atoms with Gasteiger partial charge in [-0.2, -0.15) is 17.7 Å². The van der Waals surface area contributed by atoms with Gasteiger partial charge in [0.05, 0.1) is 25.7 Å². The van der Waals surface area contributed by atoms with Crippen molar-refractivity contribution in [2.75, 3.05) is 51.6 Å². The third-order valence-electron chi connectivity index (χ3n) is 13.5. The number of primary amides is 1. The van der Waals surface area contributed by atoms with E-state index in [1.54, 1.807) is 12.4 Å². The lowest BCUT2D eigenvalue weighted by Crippen LogP contribution is -2.58. The molecule has 0 unspecified atom stereocenters. The van der Waals surface area contributed by atoms with Gasteiger partial charge in [0, 0.05) is 114 Å². The van der Waals surface area contributed by atoms with Gasteiger partial charge in [0.15, 0.2) is 5.11 Å². The predicted octanol–water partition coefficient (Wildman–Crippen LogP) is -4.57. The number of hydrazone groups is 1. The monoisotopic (exact) mass is 1340 g/mol. The van der Waals surface area contributed by atoms with Gasteiger partial charge >= 0.3 is 0 Å². The summed E-state index contributed by atoms with van der Waals surface area (Å²) < 4.78 is 0. The van der Waals surface area contributed by atoms with Crippen LogP contribution in [-0.2, 0) is 81.6 Å². The van der Waals surface area contributed by atoms with Crippen LogP contribution < -0.4 is 80.7 Å². The van der Waals surface area contributed by atoms with Crippen molar-refractivity contribution in [3.63, 3.8) is 0 Å². The fourth-order valence-corrected chi connectivity index (χ4v) is 8.85. The van der Waals surface area contributed by atoms with Crippen molar-refractivity contribution in [2.24, 2.45) is 16.6 Å². The van der Waals surface area contributed by atoms with Gasteiger partial charge in [0.2, 0.25) is 70.9 Å². The molecule has 36 heteroatoms. The third-order valence-corrected chi connectivity index (χ3v) is 13.9. The minimum Gasteiger partial charge on any atom is -0.508 e. The Bertz CT molecular complexity index is 2960. The number of phenols is 1. The molecule has 1 aromatic carbocycles. The van der Waals surface area contributed by atoms with Crippen LogP contribution in [0.4, 0.5) is 0 Å². The second kappa shape index (κ2) is 44.7. The Morgan fingerprint density at radius 2 is 0.968 bits per heavy atom. The molecule has 3 rings (SSSR count). The second-order valence-corrected chi connectivity index (χ2v) is 21.9. The summed E-state index contributed by atoms with van der Waals surface area (Å²) in [6.07, 6.45) is 8.91. The number of thiocarbonyl (C=S) groups is 1. The average Bonchev–Trinajstić information content (AvgIpc) is 2.98. The first kappa shape index (κ1) is 77.5. The molecule has 0 fully saturated rings. The summed E-state index contributed by atoms with van der Waals surface area (Å²) in [6, 6.07) is -0.656. The van der Waals surface area contributed by atoms with Gasteiger partial charge in [-0.15, -0.1) is 0 Å². The highest BCUT2D eigenvalue weighted by Gasteiger charge is 2.31. The molecule has 13 amide bonds. The predicted molar refractivity (Wildman–Crippen MR) is 344 cm³/mol. The molecule has 34 nitrogen and oxygen atoms in total. The Hall–Kier alpha value is -9.74. The molecule has 0 spiro atoms. The van der Waals surface area contributed by atoms with Crippen molar-refractivity contribution in [3.8, 4) is 5.75 Å². The topological polar surface area (TPSA) is 520 Å². The van der Waals surface area contributed by atoms with E-state index < -0.39 is 102 Å². The van der Waals surface area contributed by atoms with Crippen molar-refractivity contribution in [1.82, 2.24) is 89.2 Å². The number of rotatable bonds is 46. The van der Waals surface area contributed by atoms with Gasteiger partial charge in [0.1, 0.15) is 42.2 Å². The number of aromatic nitrogens is 4. The van der Waals surface area contributed by atoms with Crippen molar-refractivity contribution >= 4 is 113 Å². The molecule has 2 heterocycles. The Morgan fingerprint density at radius 1 is 0.538 bits per heavy atom. The van der Waals surface area contributed by atoms with Crippen molar-refractivity contribution in [2.45, 2.75) is 140 Å². The molecule has 0 saturated carbocycles. The lowest BCUT2D eigenvalue weighted by molar-refractivity contribution is -0.134. The summed E-state index contributed by atoms with van der Waals surface area (Å²) in [4.78, 5) is 181. The first-order chi connectivity index (χ1) is 44.5. The number of unbranched alkanes of at least 4 members (excludes halogenated alkanes) is 3. The van der Waals surface area contributed by atoms with Crippen molar-refractivity contribution < 1.29 is 67.4 Å². The number of benzene rings is 1. The normalized spacial score (nSPS) is 12.4. The molecule has 3 aromatic rings. The average molecular weight is 1340 g/mol. The maximum absolute atomic E-state index is 14.5. The van der Waals surface area contributed by atoms with E-state index in [0.29, 0.717) is 37.9 Å². The first-order valence-electron chi connectivity index (χ1n) is 30.1. The van der Waals surface area contributed by atoms with E-state index in [1.807, 2.05) is 0 Å². The SMILES string of the molecule is CC(=O)N[C@@H](CCCCNC(=O)CNC(=O)CCC(=O)NCCc1cnc[nH]1)C(=O)N[C@H](Cc1ccc(O)cc1)C(=O)N[C@@H](CCCCNC(=O)CNC(=O)CCC(=O)NCCc1cnc[nH]1)C(=O)N[C@@H](CCCCNC(=O)[C@H](CS)NC(=O)/C=N\NC(N)=S)C(N)=O. The number of amides is 13. The number of aromatic amines is 2. The lowest BCUT2D eigenvalue weighted by Gasteiger charge is -2.26. The summed E-state index contributed by atoms with van der Waals surface area (Å²) in [5.41, 5.74) is 15.4. The van der Waals surface area contributed by atoms with E-state index in [9.17, 15) is 67.4 Å². The number of carbonyl (C=O) groups excluding carboxylic acids is 13. The molecule has 0 aliphatic carbocycles. The van der Waals surface area contributed by atoms with Gasteiger partial charge in [-0.3, -0.25) is 67.8 Å². The maximum Gasteiger partial charge on any atom is 0.264 e. The minimum atomic E-state index is -1.43. The smallest absolute Gasteiger partial charge is 0.264 e. The standard InChI is InChI=1S/C57H86N20O14S2/c1-35(78)72-41(9-3-5-21-62-49(84)29-67-47(82)17-15-45(80)64-24-19-37-27-60-33-69-37)54(89)76-43(26-36-11-13-39(79)14-12-36)56(91)75-42(10-4-6-22-63-50(85)30-68-48(83)18-16-46(81)65-25-20-38-28-61-34-70-38)55(90)74-40(52(58)87)8-2-7-23-66-53(88)44(32-92)73-51(86)31-71-77-57(59)93/h11-14,27-28,31,33-34,40-44,79,92H,2-10,15-26,29-30,32H2,1H3,(H2,58,87)(H,60,69)(H,61,70)(H,62,84)(H,63,85)(H,64,80)(H,65,81)(H,66,88)(H,67,82)(H,68,83)(H,72,78)(H,73,86)(H,74,90)(H,75,91)(H,76,89)(H3,59,77,93)/b71-31-/t40-,41-,42-,43+,44-/m0/s1. The Labute approximate surface area is 547 Å². The summed E-state index contributed by atoms with van der Waals surface area (Å²) in [6.45, 7) is 1.37. The minimum absolute atomic E-state index is 0.0221. The number of thiol groups is 1. The van der Waals surface area contributed by atoms with Crippen LogP contribution in [0, 0.1) is 0 Å². The molecule has 93 heavy (non-hydrogen) atoms. The zero-order chi connectivity index (χ0) is 68.3. The lowest BCUT2D eigenvalue weighted by atomic mass is 10.0. The van der Waals surface area contributed by atoms with Crippen LogP contribution >= 0.6 is 24.8 Å². The van der Waals surface area contributed by atoms with E-state index in [1.165, 1.54) is 43.8 Å². The Morgan fingerprint density at radius 3 is 1.42 bits per heavy atom. The van der Waals surface area contributed by atoms with Crippen LogP contribution in [0.3, 0.4) is 0 Å². The second-order valence-electron chi connectivity index (χ2n) is 21.1. The highest BCUT2D eigenvalue weighted by Crippen LogP contribution is 2.14. The number of aromatic hydroxyl groups is 1. The molecular weight excluding hydrogens is 1250 g/mol. The molecule has 20 N–H and O–H groups in total. The molecule has 2 aromatic heterocycles. The van der Waals surface area contributed by atoms with Gasteiger partial charge < -0.3 is 90.3 Å². The number of hydrogen-bond acceptors (Lipinski definition) is 19. The first-order valence-corrected chi connectivity index (χ1v) is 31.1. The highest BCUT2D eigenvalue weighted by atomic mass is 32.1. The largest absolute Gasteiger partial charge is 0.508 e. The van der Waals surface area contributed by atoms with Crippen LogP contribution in [0.2, 0.25) is 0 Å². The van der Waals surface area contributed by atoms with E-state index in [4.69, 9.17) is 11.5 Å². The van der Waals surface area contributed by atoms with Crippen LogP contribution in [-0.4, -0.2) is 195 Å². The van der Waals surface area contributed by atoms with Gasteiger partial charge in [-0.25, -0.2) is 9.97 Å². The number of nitrogens with two attached hydrogens (primary N) is 2. The molecule has 0 saturated heterocycles. The molecule has 5 atom stereocenters. The quantitative estimate of drug-likeness (QED) is 0.00832. The number of carbonyl (C=O) groups is 13. The van der Waals surface area contributed by atoms with Crippen LogP contribution in [0.25, 0.3) is 0 Å². The number of nitrogens with zero attached hydrogens (tertiary/aromatic N) is 3. The number of imidazole rings is 2. The maximum atomic E-state index is 14.5. The van der Waals surface area contributed by atoms with E-state index in [-0.39, 0.29) is 138 Å². The third kappa shape index (κ3) is 35.5. The van der Waals surface area contributed by atoms with E-state index in [0.717, 1.165) is 17.6 Å². The molecule has 0 aliphatic heterocycles. The zero-order valence-electron chi connectivity index (χ0n) is 51.7. The summed E-state index contributed by atoms with van der Waals surface area (Å²) in [7, 11) is 0. The van der Waals surface area contributed by atoms with Gasteiger partial charge in [-0.05, 0) is 87.7 Å². The summed E-state index contributed by atoms with van der Waals surface area (Å²) in [5.74, 6) is -8.29. The Kier molecular flexibility index (Phi) is 37.2. The van der Waals surface area contributed by atoms with E-state index >= 15 is 0 Å². The summed E-state index contributed by atoms with van der Waals surface area (Å²) in [5, 5.41) is 44.6. The summed E-state index contributed by atoms with van der Waals surface area (Å²) >= 11 is 8.74. The fourth-order valence-electron chi connectivity index (χ4n) is 8.54. The highest BCUT2D eigenvalue weighted by molar-refractivity contribution is 7.80. The van der Waals surface area contributed by atoms with E-state index in [2.05, 4.69) is 119 Å². The van der Waals surface area contributed by atoms with Crippen LogP contribution in [0.1, 0.15) is 107 Å². The van der Waals surface area contributed by atoms with Crippen molar-refractivity contribution in [3.05, 3.63) is 66.3 Å².